The molecule has 0 bridgehead atoms. The van der Waals surface area contributed by atoms with E-state index >= 15 is 0 Å². The minimum Gasteiger partial charge on any atom is -0.368 e. The van der Waals surface area contributed by atoms with Crippen LogP contribution in [-0.2, 0) is 4.79 Å². The molecule has 7 heteroatoms. The van der Waals surface area contributed by atoms with Gasteiger partial charge >= 0.3 is 0 Å². The van der Waals surface area contributed by atoms with E-state index in [1.807, 2.05) is 0 Å². The maximum absolute atomic E-state index is 11.7. The number of rotatable bonds is 1. The third kappa shape index (κ3) is 1.46. The zero-order chi connectivity index (χ0) is 11.2. The summed E-state index contributed by atoms with van der Waals surface area (Å²) >= 11 is 5.75. The molecule has 0 aromatic heterocycles. The first-order valence-electron chi connectivity index (χ1n) is 4.37. The van der Waals surface area contributed by atoms with Gasteiger partial charge in [-0.15, -0.1) is 5.53 Å². The Labute approximate surface area is 91.9 Å². The Balaban J connectivity index is 2.20. The zero-order valence-corrected chi connectivity index (χ0v) is 9.06. The molecular formula is C8H11ClN4O2. The summed E-state index contributed by atoms with van der Waals surface area (Å²) in [5.74, 6) is -0.422. The van der Waals surface area contributed by atoms with Gasteiger partial charge in [0.25, 0.3) is 5.91 Å². The van der Waals surface area contributed by atoms with Gasteiger partial charge in [-0.2, -0.15) is 5.12 Å². The van der Waals surface area contributed by atoms with E-state index in [1.165, 1.54) is 5.12 Å². The monoisotopic (exact) mass is 230 g/mol. The van der Waals surface area contributed by atoms with Crippen molar-refractivity contribution in [1.82, 2.24) is 20.7 Å². The fourth-order valence-electron chi connectivity index (χ4n) is 1.40. The molecule has 2 aliphatic heterocycles. The van der Waals surface area contributed by atoms with Crippen molar-refractivity contribution < 1.29 is 9.90 Å². The number of amides is 1. The Morgan fingerprint density at radius 2 is 2.20 bits per heavy atom. The van der Waals surface area contributed by atoms with Crippen LogP contribution in [0.4, 0.5) is 0 Å². The lowest BCUT2D eigenvalue weighted by Crippen LogP contribution is -2.53. The summed E-state index contributed by atoms with van der Waals surface area (Å²) in [5.41, 5.74) is 3.26. The van der Waals surface area contributed by atoms with E-state index in [2.05, 4.69) is 5.53 Å². The summed E-state index contributed by atoms with van der Waals surface area (Å²) in [5, 5.41) is 14.0. The summed E-state index contributed by atoms with van der Waals surface area (Å²) in [6, 6.07) is 0. The maximum atomic E-state index is 11.7. The fourth-order valence-corrected chi connectivity index (χ4v) is 1.59. The molecule has 2 heterocycles. The van der Waals surface area contributed by atoms with Gasteiger partial charge in [0.05, 0.1) is 6.20 Å². The van der Waals surface area contributed by atoms with Crippen LogP contribution in [0.3, 0.4) is 0 Å². The van der Waals surface area contributed by atoms with Gasteiger partial charge in [-0.25, -0.2) is 5.01 Å². The van der Waals surface area contributed by atoms with Crippen molar-refractivity contribution >= 4 is 17.5 Å². The lowest BCUT2D eigenvalue weighted by Gasteiger charge is -2.31. The SMILES string of the molecule is CC1=C(Cl)C(=O)N(N2C=CN(C)N2)C1O. The molecule has 0 saturated carbocycles. The third-order valence-corrected chi connectivity index (χ3v) is 2.74. The minimum atomic E-state index is -1.02. The summed E-state index contributed by atoms with van der Waals surface area (Å²) in [6.07, 6.45) is 2.31. The van der Waals surface area contributed by atoms with Crippen molar-refractivity contribution in [2.75, 3.05) is 7.05 Å². The number of nitrogens with zero attached hydrogens (tertiary/aromatic N) is 3. The first kappa shape index (κ1) is 10.3. The van der Waals surface area contributed by atoms with E-state index in [0.717, 1.165) is 5.01 Å². The molecule has 1 amide bonds. The largest absolute Gasteiger partial charge is 0.368 e. The van der Waals surface area contributed by atoms with E-state index in [9.17, 15) is 9.90 Å². The summed E-state index contributed by atoms with van der Waals surface area (Å²) in [6.45, 7) is 1.62. The fraction of sp³-hybridized carbons (Fsp3) is 0.375. The molecular weight excluding hydrogens is 220 g/mol. The molecule has 0 spiro atoms. The number of carbonyl (C=O) groups excluding carboxylic acids is 1. The van der Waals surface area contributed by atoms with Crippen molar-refractivity contribution in [2.24, 2.45) is 0 Å². The molecule has 82 valence electrons. The lowest BCUT2D eigenvalue weighted by molar-refractivity contribution is -0.165. The summed E-state index contributed by atoms with van der Waals surface area (Å²) in [7, 11) is 1.77. The number of carbonyl (C=O) groups is 1. The van der Waals surface area contributed by atoms with Gasteiger partial charge < -0.3 is 5.11 Å². The van der Waals surface area contributed by atoms with E-state index in [0.29, 0.717) is 5.57 Å². The van der Waals surface area contributed by atoms with Crippen LogP contribution in [-0.4, -0.2) is 39.4 Å². The summed E-state index contributed by atoms with van der Waals surface area (Å²) in [4.78, 5) is 11.7. The van der Waals surface area contributed by atoms with E-state index in [-0.39, 0.29) is 5.03 Å². The smallest absolute Gasteiger partial charge is 0.287 e. The predicted molar refractivity (Wildman–Crippen MR) is 53.3 cm³/mol. The molecule has 2 aliphatic rings. The van der Waals surface area contributed by atoms with Gasteiger partial charge in [0, 0.05) is 18.8 Å². The van der Waals surface area contributed by atoms with Crippen LogP contribution in [0, 0.1) is 0 Å². The number of aliphatic hydroxyl groups is 1. The Morgan fingerprint density at radius 1 is 1.53 bits per heavy atom. The predicted octanol–water partition coefficient (Wildman–Crippen LogP) is -0.287. The molecule has 0 fully saturated rings. The number of hydrogen-bond donors (Lipinski definition) is 2. The number of nitrogens with one attached hydrogen (secondary N) is 1. The quantitative estimate of drug-likeness (QED) is 0.649. The molecule has 1 unspecified atom stereocenters. The molecule has 0 radical (unpaired) electrons. The van der Waals surface area contributed by atoms with Crippen LogP contribution in [0.5, 0.6) is 0 Å². The average molecular weight is 231 g/mol. The highest BCUT2D eigenvalue weighted by Gasteiger charge is 2.39. The maximum Gasteiger partial charge on any atom is 0.287 e. The number of aliphatic hydroxyl groups excluding tert-OH is 1. The highest BCUT2D eigenvalue weighted by atomic mass is 35.5. The zero-order valence-electron chi connectivity index (χ0n) is 8.31. The summed E-state index contributed by atoms with van der Waals surface area (Å²) < 4.78 is 0. The average Bonchev–Trinajstić information content (AvgIpc) is 2.68. The van der Waals surface area contributed by atoms with Crippen molar-refractivity contribution in [2.45, 2.75) is 13.2 Å². The van der Waals surface area contributed by atoms with Crippen LogP contribution in [0.1, 0.15) is 6.92 Å². The standard InChI is InChI=1S/C8H11ClN4O2/c1-5-6(9)8(15)13(7(5)14)12-4-3-11(2)10-12/h3-4,7,10,14H,1-2H3. The normalized spacial score (nSPS) is 26.3. The minimum absolute atomic E-state index is 0.0623. The number of hydrazine groups is 3. The second-order valence-corrected chi connectivity index (χ2v) is 3.75. The van der Waals surface area contributed by atoms with Crippen LogP contribution >= 0.6 is 11.6 Å². The molecule has 0 aromatic rings. The Kier molecular flexibility index (Phi) is 2.34. The Hall–Kier alpha value is -1.24. The molecule has 2 N–H and O–H groups in total. The van der Waals surface area contributed by atoms with Crippen LogP contribution in [0.25, 0.3) is 0 Å². The van der Waals surface area contributed by atoms with Gasteiger partial charge in [-0.05, 0) is 6.92 Å². The highest BCUT2D eigenvalue weighted by molar-refractivity contribution is 6.43. The number of halogens is 1. The van der Waals surface area contributed by atoms with Crippen molar-refractivity contribution in [3.63, 3.8) is 0 Å². The van der Waals surface area contributed by atoms with Gasteiger partial charge in [-0.3, -0.25) is 9.80 Å². The topological polar surface area (TPSA) is 59.1 Å². The molecule has 15 heavy (non-hydrogen) atoms. The first-order valence-corrected chi connectivity index (χ1v) is 4.74. The Bertz CT molecular complexity index is 368. The second-order valence-electron chi connectivity index (χ2n) is 3.37. The number of hydrogen-bond acceptors (Lipinski definition) is 5. The first-order chi connectivity index (χ1) is 7.02. The molecule has 2 rings (SSSR count). The lowest BCUT2D eigenvalue weighted by atomic mass is 10.3. The van der Waals surface area contributed by atoms with Gasteiger partial charge in [0.2, 0.25) is 0 Å². The van der Waals surface area contributed by atoms with Gasteiger partial charge in [0.15, 0.2) is 6.23 Å². The second kappa shape index (κ2) is 3.41. The molecule has 0 aliphatic carbocycles. The molecule has 0 aromatic carbocycles. The highest BCUT2D eigenvalue weighted by Crippen LogP contribution is 2.28. The van der Waals surface area contributed by atoms with Crippen molar-refractivity contribution in [3.8, 4) is 0 Å². The van der Waals surface area contributed by atoms with E-state index in [4.69, 9.17) is 11.6 Å². The third-order valence-electron chi connectivity index (χ3n) is 2.28. The molecule has 0 saturated heterocycles. The van der Waals surface area contributed by atoms with Crippen LogP contribution < -0.4 is 5.53 Å². The van der Waals surface area contributed by atoms with E-state index in [1.54, 1.807) is 31.4 Å². The van der Waals surface area contributed by atoms with Crippen LogP contribution in [0.2, 0.25) is 0 Å². The van der Waals surface area contributed by atoms with Gasteiger partial charge in [-0.1, -0.05) is 11.6 Å². The Morgan fingerprint density at radius 3 is 2.60 bits per heavy atom. The molecule has 1 atom stereocenters. The van der Waals surface area contributed by atoms with Crippen molar-refractivity contribution in [1.29, 1.82) is 0 Å². The van der Waals surface area contributed by atoms with E-state index < -0.39 is 12.1 Å². The van der Waals surface area contributed by atoms with Crippen molar-refractivity contribution in [3.05, 3.63) is 23.0 Å². The molecule has 6 nitrogen and oxygen atoms in total. The van der Waals surface area contributed by atoms with Crippen LogP contribution in [0.15, 0.2) is 23.0 Å². The van der Waals surface area contributed by atoms with Gasteiger partial charge in [0.1, 0.15) is 5.03 Å².